The van der Waals surface area contributed by atoms with Crippen molar-refractivity contribution in [3.05, 3.63) is 35.5 Å². The highest BCUT2D eigenvalue weighted by Gasteiger charge is 2.12. The normalized spacial score (nSPS) is 16.6. The van der Waals surface area contributed by atoms with Crippen LogP contribution in [0.25, 0.3) is 10.9 Å². The van der Waals surface area contributed by atoms with Gasteiger partial charge in [0.2, 0.25) is 0 Å². The molecule has 0 saturated carbocycles. The number of likely N-dealkylation sites (N-methyl/N-ethyl adjacent to an activating group) is 1. The summed E-state index contributed by atoms with van der Waals surface area (Å²) in [5, 5.41) is 5.50. The highest BCUT2D eigenvalue weighted by atomic mass is 35.5. The molecule has 1 unspecified atom stereocenters. The molecule has 1 fully saturated rings. The maximum atomic E-state index is 6.09. The first-order chi connectivity index (χ1) is 13.7. The first-order valence-corrected chi connectivity index (χ1v) is 10.9. The van der Waals surface area contributed by atoms with Gasteiger partial charge in [-0.2, -0.15) is 0 Å². The van der Waals surface area contributed by atoms with Crippen molar-refractivity contribution in [3.63, 3.8) is 0 Å². The molecule has 1 aliphatic rings. The van der Waals surface area contributed by atoms with Crippen molar-refractivity contribution < 1.29 is 4.74 Å². The van der Waals surface area contributed by atoms with Gasteiger partial charge < -0.3 is 15.0 Å². The van der Waals surface area contributed by atoms with Crippen LogP contribution in [-0.4, -0.2) is 73.3 Å². The van der Waals surface area contributed by atoms with Gasteiger partial charge in [0.25, 0.3) is 0 Å². The number of benzene rings is 1. The fourth-order valence-corrected chi connectivity index (χ4v) is 3.91. The van der Waals surface area contributed by atoms with Crippen molar-refractivity contribution >= 4 is 28.2 Å². The minimum atomic E-state index is 0.416. The maximum absolute atomic E-state index is 6.09. The van der Waals surface area contributed by atoms with Gasteiger partial charge in [0, 0.05) is 54.5 Å². The second-order valence-electron chi connectivity index (χ2n) is 7.60. The van der Waals surface area contributed by atoms with E-state index in [0.29, 0.717) is 6.04 Å². The highest BCUT2D eigenvalue weighted by molar-refractivity contribution is 6.31. The first-order valence-electron chi connectivity index (χ1n) is 10.5. The summed E-state index contributed by atoms with van der Waals surface area (Å²) in [6, 6.07) is 8.35. The van der Waals surface area contributed by atoms with Gasteiger partial charge in [-0.1, -0.05) is 18.5 Å². The van der Waals surface area contributed by atoms with Crippen LogP contribution in [0.5, 0.6) is 0 Å². The van der Waals surface area contributed by atoms with E-state index >= 15 is 0 Å². The molecule has 0 radical (unpaired) electrons. The van der Waals surface area contributed by atoms with Crippen molar-refractivity contribution in [2.75, 3.05) is 57.8 Å². The molecule has 6 heteroatoms. The lowest BCUT2D eigenvalue weighted by Crippen LogP contribution is -2.41. The summed E-state index contributed by atoms with van der Waals surface area (Å²) in [5.41, 5.74) is 2.07. The van der Waals surface area contributed by atoms with Gasteiger partial charge in [-0.15, -0.1) is 0 Å². The summed E-state index contributed by atoms with van der Waals surface area (Å²) < 4.78 is 5.43. The van der Waals surface area contributed by atoms with Crippen molar-refractivity contribution in [2.24, 2.45) is 0 Å². The summed E-state index contributed by atoms with van der Waals surface area (Å²) in [7, 11) is 0. The number of halogens is 1. The molecular weight excluding hydrogens is 372 g/mol. The summed E-state index contributed by atoms with van der Waals surface area (Å²) >= 11 is 6.09. The van der Waals surface area contributed by atoms with E-state index in [1.165, 1.54) is 6.42 Å². The molecule has 1 aromatic heterocycles. The second kappa shape index (κ2) is 11.0. The third-order valence-electron chi connectivity index (χ3n) is 5.50. The van der Waals surface area contributed by atoms with Gasteiger partial charge in [-0.25, -0.2) is 0 Å². The number of nitrogens with one attached hydrogen (secondary N) is 1. The van der Waals surface area contributed by atoms with Gasteiger partial charge in [-0.3, -0.25) is 9.88 Å². The van der Waals surface area contributed by atoms with E-state index < -0.39 is 0 Å². The summed E-state index contributed by atoms with van der Waals surface area (Å²) in [4.78, 5) is 9.50. The third-order valence-corrected chi connectivity index (χ3v) is 5.74. The molecule has 0 bridgehead atoms. The molecule has 0 aliphatic carbocycles. The number of pyridine rings is 1. The van der Waals surface area contributed by atoms with Crippen molar-refractivity contribution in [2.45, 2.75) is 32.7 Å². The van der Waals surface area contributed by atoms with E-state index in [9.17, 15) is 0 Å². The molecule has 3 rings (SSSR count). The average Bonchev–Trinajstić information content (AvgIpc) is 2.71. The van der Waals surface area contributed by atoms with Crippen LogP contribution in [0.2, 0.25) is 5.02 Å². The smallest absolute Gasteiger partial charge is 0.0737 e. The van der Waals surface area contributed by atoms with Crippen LogP contribution < -0.4 is 5.32 Å². The van der Waals surface area contributed by atoms with E-state index in [1.54, 1.807) is 0 Å². The standard InChI is InChI=1S/C22H33ClN4O/c1-3-26(11-12-27-13-15-28-16-14-27)10-4-5-18(2)25-21-8-9-24-22-17-19(23)6-7-20(21)22/h6-9,17-18H,3-5,10-16H2,1-2H3,(H,24,25). The Hall–Kier alpha value is -1.40. The molecule has 0 amide bonds. The number of hydrogen-bond acceptors (Lipinski definition) is 5. The van der Waals surface area contributed by atoms with E-state index in [-0.39, 0.29) is 0 Å². The molecule has 2 aromatic rings. The Labute approximate surface area is 174 Å². The Bertz CT molecular complexity index is 736. The van der Waals surface area contributed by atoms with Gasteiger partial charge in [0.05, 0.1) is 18.7 Å². The van der Waals surface area contributed by atoms with Crippen molar-refractivity contribution in [1.82, 2.24) is 14.8 Å². The minimum Gasteiger partial charge on any atom is -0.382 e. The van der Waals surface area contributed by atoms with Gasteiger partial charge in [0.1, 0.15) is 0 Å². The number of hydrogen-bond donors (Lipinski definition) is 1. The Kier molecular flexibility index (Phi) is 8.34. The summed E-state index contributed by atoms with van der Waals surface area (Å²) in [6.07, 6.45) is 4.18. The zero-order chi connectivity index (χ0) is 19.8. The van der Waals surface area contributed by atoms with Gasteiger partial charge >= 0.3 is 0 Å². The third kappa shape index (κ3) is 6.31. The zero-order valence-corrected chi connectivity index (χ0v) is 17.9. The molecule has 1 aliphatic heterocycles. The monoisotopic (exact) mass is 404 g/mol. The van der Waals surface area contributed by atoms with Crippen LogP contribution >= 0.6 is 11.6 Å². The molecule has 28 heavy (non-hydrogen) atoms. The number of nitrogens with zero attached hydrogens (tertiary/aromatic N) is 3. The molecule has 1 aromatic carbocycles. The predicted octanol–water partition coefficient (Wildman–Crippen LogP) is 4.12. The number of anilines is 1. The molecule has 2 heterocycles. The van der Waals surface area contributed by atoms with E-state index in [0.717, 1.165) is 80.5 Å². The van der Waals surface area contributed by atoms with Crippen LogP contribution in [0.3, 0.4) is 0 Å². The maximum Gasteiger partial charge on any atom is 0.0737 e. The molecular formula is C22H33ClN4O. The zero-order valence-electron chi connectivity index (χ0n) is 17.2. The number of aromatic nitrogens is 1. The number of fused-ring (bicyclic) bond motifs is 1. The predicted molar refractivity (Wildman–Crippen MR) is 118 cm³/mol. The Morgan fingerprint density at radius 1 is 1.25 bits per heavy atom. The van der Waals surface area contributed by atoms with Crippen molar-refractivity contribution in [3.8, 4) is 0 Å². The van der Waals surface area contributed by atoms with Crippen LogP contribution in [0.15, 0.2) is 30.5 Å². The lowest BCUT2D eigenvalue weighted by atomic mass is 10.1. The minimum absolute atomic E-state index is 0.416. The van der Waals surface area contributed by atoms with E-state index in [4.69, 9.17) is 16.3 Å². The van der Waals surface area contributed by atoms with Crippen LogP contribution in [0.4, 0.5) is 5.69 Å². The topological polar surface area (TPSA) is 40.6 Å². The van der Waals surface area contributed by atoms with Crippen molar-refractivity contribution in [1.29, 1.82) is 0 Å². The lowest BCUT2D eigenvalue weighted by Gasteiger charge is -2.29. The number of ether oxygens (including phenoxy) is 1. The quantitative estimate of drug-likeness (QED) is 0.645. The van der Waals surface area contributed by atoms with Crippen LogP contribution in [0.1, 0.15) is 26.7 Å². The molecule has 1 saturated heterocycles. The van der Waals surface area contributed by atoms with Gasteiger partial charge in [-0.05, 0) is 57.1 Å². The molecule has 1 N–H and O–H groups in total. The Morgan fingerprint density at radius 3 is 2.86 bits per heavy atom. The fraction of sp³-hybridized carbons (Fsp3) is 0.591. The van der Waals surface area contributed by atoms with Crippen LogP contribution in [-0.2, 0) is 4.74 Å². The number of rotatable bonds is 10. The van der Waals surface area contributed by atoms with Gasteiger partial charge in [0.15, 0.2) is 0 Å². The molecule has 1 atom stereocenters. The lowest BCUT2D eigenvalue weighted by molar-refractivity contribution is 0.0335. The first kappa shape index (κ1) is 21.3. The molecule has 5 nitrogen and oxygen atoms in total. The molecule has 0 spiro atoms. The SMILES string of the molecule is CCN(CCCC(C)Nc1ccnc2cc(Cl)ccc12)CCN1CCOCC1. The Morgan fingerprint density at radius 2 is 2.07 bits per heavy atom. The fourth-order valence-electron chi connectivity index (χ4n) is 3.74. The average molecular weight is 405 g/mol. The van der Waals surface area contributed by atoms with Crippen LogP contribution in [0, 0.1) is 0 Å². The second-order valence-corrected chi connectivity index (χ2v) is 8.03. The van der Waals surface area contributed by atoms with E-state index in [1.807, 2.05) is 30.5 Å². The summed E-state index contributed by atoms with van der Waals surface area (Å²) in [5.74, 6) is 0. The molecule has 154 valence electrons. The highest BCUT2D eigenvalue weighted by Crippen LogP contribution is 2.25. The van der Waals surface area contributed by atoms with E-state index in [2.05, 4.69) is 33.9 Å². The number of morpholine rings is 1. The largest absolute Gasteiger partial charge is 0.382 e. The Balaban J connectivity index is 1.43. The summed E-state index contributed by atoms with van der Waals surface area (Å²) in [6.45, 7) is 13.0.